The van der Waals surface area contributed by atoms with Gasteiger partial charge >= 0.3 is 5.97 Å². The molecule has 0 atom stereocenters. The number of para-hydroxylation sites is 1. The number of hydrogen-bond acceptors (Lipinski definition) is 5. The second kappa shape index (κ2) is 12.5. The Labute approximate surface area is 257 Å². The SMILES string of the molecule is O=C(O)c1cnc2n1CCc1ccccc1C2=C1CCN(CCCc2ccc(OCc3ccc4ccccc4n3)cc2)CC1. The number of ether oxygens (including phenoxy) is 1. The minimum atomic E-state index is -0.922. The molecule has 0 saturated carbocycles. The number of carboxylic acid groups (broad SMARTS) is 1. The molecular weight excluding hydrogens is 548 g/mol. The number of aryl methyl sites for hydroxylation is 2. The molecule has 44 heavy (non-hydrogen) atoms. The first-order valence-electron chi connectivity index (χ1n) is 15.5. The van der Waals surface area contributed by atoms with Crippen molar-refractivity contribution in [2.24, 2.45) is 0 Å². The van der Waals surface area contributed by atoms with Crippen LogP contribution in [0.4, 0.5) is 0 Å². The molecule has 4 heterocycles. The van der Waals surface area contributed by atoms with E-state index in [1.165, 1.54) is 28.5 Å². The molecule has 5 aromatic rings. The zero-order valence-electron chi connectivity index (χ0n) is 24.8. The van der Waals surface area contributed by atoms with Crippen LogP contribution in [0.3, 0.4) is 0 Å². The number of carbonyl (C=O) groups is 1. The quantitative estimate of drug-likeness (QED) is 0.216. The topological polar surface area (TPSA) is 80.5 Å². The van der Waals surface area contributed by atoms with Gasteiger partial charge in [-0.05, 0) is 79.6 Å². The van der Waals surface area contributed by atoms with E-state index in [0.717, 1.165) is 85.5 Å². The number of aromatic carboxylic acids is 1. The van der Waals surface area contributed by atoms with Gasteiger partial charge in [-0.3, -0.25) is 0 Å². The lowest BCUT2D eigenvalue weighted by molar-refractivity contribution is 0.0685. The second-order valence-corrected chi connectivity index (χ2v) is 11.7. The predicted octanol–water partition coefficient (Wildman–Crippen LogP) is 6.80. The lowest BCUT2D eigenvalue weighted by atomic mass is 9.90. The van der Waals surface area contributed by atoms with Crippen molar-refractivity contribution in [1.29, 1.82) is 0 Å². The summed E-state index contributed by atoms with van der Waals surface area (Å²) in [5.41, 5.74) is 8.49. The number of carboxylic acids is 1. The number of imidazole rings is 1. The van der Waals surface area contributed by atoms with Crippen LogP contribution in [0, 0.1) is 0 Å². The summed E-state index contributed by atoms with van der Waals surface area (Å²) in [6.07, 6.45) is 6.38. The Balaban J connectivity index is 0.942. The van der Waals surface area contributed by atoms with E-state index in [1.807, 2.05) is 28.8 Å². The largest absolute Gasteiger partial charge is 0.487 e. The zero-order valence-corrected chi connectivity index (χ0v) is 24.8. The van der Waals surface area contributed by atoms with Gasteiger partial charge in [0.15, 0.2) is 0 Å². The van der Waals surface area contributed by atoms with Crippen molar-refractivity contribution in [3.8, 4) is 5.75 Å². The highest BCUT2D eigenvalue weighted by molar-refractivity contribution is 5.88. The van der Waals surface area contributed by atoms with E-state index in [-0.39, 0.29) is 5.69 Å². The molecule has 0 spiro atoms. The van der Waals surface area contributed by atoms with Gasteiger partial charge in [0.25, 0.3) is 0 Å². The molecule has 3 aromatic carbocycles. The Bertz CT molecular complexity index is 1830. The fraction of sp³-hybridized carbons (Fsp3) is 0.270. The smallest absolute Gasteiger partial charge is 0.354 e. The number of pyridine rings is 1. The number of likely N-dealkylation sites (tertiary alicyclic amines) is 1. The van der Waals surface area contributed by atoms with Crippen molar-refractivity contribution < 1.29 is 14.6 Å². The minimum Gasteiger partial charge on any atom is -0.487 e. The standard InChI is InChI=1S/C37H36N4O3/c42-37(43)34-24-38-36-35(32-9-3-1-7-27(32)19-23-41(34)36)29-17-21-40(22-18-29)20-5-6-26-11-15-31(16-12-26)44-25-30-14-13-28-8-2-4-10-33(28)39-30/h1-4,7-16,24H,5-6,17-23,25H2,(H,42,43). The molecule has 1 saturated heterocycles. The predicted molar refractivity (Wildman–Crippen MR) is 172 cm³/mol. The minimum absolute atomic E-state index is 0.268. The third-order valence-corrected chi connectivity index (χ3v) is 8.91. The van der Waals surface area contributed by atoms with E-state index in [4.69, 9.17) is 9.72 Å². The highest BCUT2D eigenvalue weighted by Gasteiger charge is 2.27. The molecule has 1 fully saturated rings. The van der Waals surface area contributed by atoms with Gasteiger partial charge in [0.05, 0.1) is 17.4 Å². The molecule has 0 amide bonds. The van der Waals surface area contributed by atoms with Crippen molar-refractivity contribution in [2.45, 2.75) is 45.3 Å². The van der Waals surface area contributed by atoms with Gasteiger partial charge in [-0.15, -0.1) is 0 Å². The molecule has 0 radical (unpaired) electrons. The van der Waals surface area contributed by atoms with Crippen molar-refractivity contribution in [3.63, 3.8) is 0 Å². The van der Waals surface area contributed by atoms with Crippen LogP contribution >= 0.6 is 0 Å². The van der Waals surface area contributed by atoms with E-state index < -0.39 is 5.97 Å². The number of fused-ring (bicyclic) bond motifs is 3. The van der Waals surface area contributed by atoms with Crippen molar-refractivity contribution in [3.05, 3.63) is 131 Å². The van der Waals surface area contributed by atoms with Crippen LogP contribution in [0.15, 0.2) is 96.7 Å². The Morgan fingerprint density at radius 1 is 0.864 bits per heavy atom. The third kappa shape index (κ3) is 5.88. The molecule has 0 bridgehead atoms. The first-order valence-corrected chi connectivity index (χ1v) is 15.5. The first-order chi connectivity index (χ1) is 21.6. The summed E-state index contributed by atoms with van der Waals surface area (Å²) in [4.78, 5) is 23.8. The zero-order chi connectivity index (χ0) is 29.9. The Kier molecular flexibility index (Phi) is 7.95. The molecule has 0 aliphatic carbocycles. The highest BCUT2D eigenvalue weighted by Crippen LogP contribution is 2.36. The summed E-state index contributed by atoms with van der Waals surface area (Å²) in [6.45, 7) is 4.15. The maximum Gasteiger partial charge on any atom is 0.354 e. The van der Waals surface area contributed by atoms with E-state index in [9.17, 15) is 9.90 Å². The number of aromatic nitrogens is 3. The van der Waals surface area contributed by atoms with Gasteiger partial charge in [0, 0.05) is 30.6 Å². The van der Waals surface area contributed by atoms with Gasteiger partial charge in [-0.1, -0.05) is 66.2 Å². The Hall–Kier alpha value is -4.75. The van der Waals surface area contributed by atoms with E-state index in [0.29, 0.717) is 13.2 Å². The molecule has 7 nitrogen and oxygen atoms in total. The van der Waals surface area contributed by atoms with Crippen LogP contribution in [0.5, 0.6) is 5.75 Å². The third-order valence-electron chi connectivity index (χ3n) is 8.91. The lowest BCUT2D eigenvalue weighted by Crippen LogP contribution is -2.32. The average molecular weight is 585 g/mol. The molecule has 0 unspecified atom stereocenters. The van der Waals surface area contributed by atoms with Crippen molar-refractivity contribution in [1.82, 2.24) is 19.4 Å². The van der Waals surface area contributed by atoms with Crippen LogP contribution in [0.2, 0.25) is 0 Å². The van der Waals surface area contributed by atoms with Gasteiger partial charge in [0.2, 0.25) is 0 Å². The van der Waals surface area contributed by atoms with Crippen LogP contribution in [0.1, 0.15) is 58.0 Å². The fourth-order valence-corrected chi connectivity index (χ4v) is 6.56. The molecule has 7 rings (SSSR count). The first kappa shape index (κ1) is 28.0. The van der Waals surface area contributed by atoms with Crippen molar-refractivity contribution in [2.75, 3.05) is 19.6 Å². The number of nitrogens with zero attached hydrogens (tertiary/aromatic N) is 4. The summed E-state index contributed by atoms with van der Waals surface area (Å²) < 4.78 is 7.91. The normalized spacial score (nSPS) is 15.1. The summed E-state index contributed by atoms with van der Waals surface area (Å²) >= 11 is 0. The molecule has 1 N–H and O–H groups in total. The Morgan fingerprint density at radius 2 is 1.66 bits per heavy atom. The molecule has 2 aliphatic heterocycles. The van der Waals surface area contributed by atoms with E-state index >= 15 is 0 Å². The van der Waals surface area contributed by atoms with E-state index in [2.05, 4.69) is 70.5 Å². The maximum absolute atomic E-state index is 11.9. The van der Waals surface area contributed by atoms with Crippen LogP contribution in [0.25, 0.3) is 16.5 Å². The van der Waals surface area contributed by atoms with Gasteiger partial charge in [-0.25, -0.2) is 14.8 Å². The molecule has 222 valence electrons. The van der Waals surface area contributed by atoms with Crippen LogP contribution < -0.4 is 4.74 Å². The molecule has 7 heteroatoms. The van der Waals surface area contributed by atoms with Crippen LogP contribution in [-0.4, -0.2) is 50.1 Å². The maximum atomic E-state index is 11.9. The lowest BCUT2D eigenvalue weighted by Gasteiger charge is -2.30. The molecule has 2 aromatic heterocycles. The van der Waals surface area contributed by atoms with E-state index in [1.54, 1.807) is 0 Å². The summed E-state index contributed by atoms with van der Waals surface area (Å²) in [7, 11) is 0. The average Bonchev–Trinajstić information content (AvgIpc) is 3.41. The van der Waals surface area contributed by atoms with Gasteiger partial charge in [-0.2, -0.15) is 0 Å². The van der Waals surface area contributed by atoms with Gasteiger partial charge < -0.3 is 19.3 Å². The Morgan fingerprint density at radius 3 is 2.50 bits per heavy atom. The number of benzene rings is 3. The van der Waals surface area contributed by atoms with Gasteiger partial charge in [0.1, 0.15) is 23.9 Å². The summed E-state index contributed by atoms with van der Waals surface area (Å²) in [6, 6.07) is 29.2. The number of rotatable bonds is 8. The van der Waals surface area contributed by atoms with Crippen LogP contribution in [-0.2, 0) is 26.0 Å². The fourth-order valence-electron chi connectivity index (χ4n) is 6.56. The number of hydrogen-bond donors (Lipinski definition) is 1. The molecule has 2 aliphatic rings. The van der Waals surface area contributed by atoms with Crippen molar-refractivity contribution >= 4 is 22.4 Å². The summed E-state index contributed by atoms with van der Waals surface area (Å²) in [5.74, 6) is 0.739. The number of piperidine rings is 1. The summed E-state index contributed by atoms with van der Waals surface area (Å²) in [5, 5.41) is 10.9. The molecular formula is C37H36N4O3. The highest BCUT2D eigenvalue weighted by atomic mass is 16.5. The second-order valence-electron chi connectivity index (χ2n) is 11.7. The monoisotopic (exact) mass is 584 g/mol.